The Bertz CT molecular complexity index is 577. The molecule has 0 aliphatic rings. The lowest BCUT2D eigenvalue weighted by molar-refractivity contribution is -0.148. The summed E-state index contributed by atoms with van der Waals surface area (Å²) in [5.74, 6) is 3.23. The van der Waals surface area contributed by atoms with Gasteiger partial charge in [0.15, 0.2) is 0 Å². The van der Waals surface area contributed by atoms with Gasteiger partial charge in [-0.15, -0.1) is 0 Å². The molecule has 4 heteroatoms. The summed E-state index contributed by atoms with van der Waals surface area (Å²) in [5.41, 5.74) is 1.01. The van der Waals surface area contributed by atoms with Crippen molar-refractivity contribution >= 4 is 17.7 Å². The molecule has 1 unspecified atom stereocenters. The summed E-state index contributed by atoms with van der Waals surface area (Å²) in [6.45, 7) is 4.31. The fourth-order valence-electron chi connectivity index (χ4n) is 1.97. The number of hydrogen-bond acceptors (Lipinski definition) is 4. The van der Waals surface area contributed by atoms with Gasteiger partial charge in [-0.25, -0.2) is 0 Å². The maximum absolute atomic E-state index is 12.0. The number of rotatable bonds is 8. The SMILES string of the molecule is CCc1ccc(CSCC(C)C(=O)OCc2ccccc2)o1. The van der Waals surface area contributed by atoms with Crippen LogP contribution < -0.4 is 0 Å². The van der Waals surface area contributed by atoms with Gasteiger partial charge in [0.25, 0.3) is 0 Å². The molecule has 1 atom stereocenters. The van der Waals surface area contributed by atoms with Crippen LogP contribution in [-0.2, 0) is 28.3 Å². The van der Waals surface area contributed by atoms with E-state index in [9.17, 15) is 4.79 Å². The summed E-state index contributed by atoms with van der Waals surface area (Å²) in [7, 11) is 0. The standard InChI is InChI=1S/C18H22O3S/c1-3-16-9-10-17(21-16)13-22-12-14(2)18(19)20-11-15-7-5-4-6-8-15/h4-10,14H,3,11-13H2,1-2H3. The van der Waals surface area contributed by atoms with E-state index in [0.717, 1.165) is 35.0 Å². The maximum atomic E-state index is 12.0. The van der Waals surface area contributed by atoms with E-state index in [1.807, 2.05) is 49.4 Å². The Morgan fingerprint density at radius 2 is 1.91 bits per heavy atom. The lowest BCUT2D eigenvalue weighted by Gasteiger charge is -2.11. The van der Waals surface area contributed by atoms with E-state index in [1.165, 1.54) is 0 Å². The number of carbonyl (C=O) groups is 1. The lowest BCUT2D eigenvalue weighted by atomic mass is 10.2. The Balaban J connectivity index is 1.67. The largest absolute Gasteiger partial charge is 0.465 e. The molecule has 2 rings (SSSR count). The third kappa shape index (κ3) is 5.26. The highest BCUT2D eigenvalue weighted by molar-refractivity contribution is 7.98. The topological polar surface area (TPSA) is 39.4 Å². The Morgan fingerprint density at radius 3 is 2.59 bits per heavy atom. The Hall–Kier alpha value is -1.68. The molecule has 118 valence electrons. The Labute approximate surface area is 136 Å². The lowest BCUT2D eigenvalue weighted by Crippen LogP contribution is -2.16. The van der Waals surface area contributed by atoms with E-state index in [1.54, 1.807) is 11.8 Å². The van der Waals surface area contributed by atoms with Crippen LogP contribution in [-0.4, -0.2) is 11.7 Å². The van der Waals surface area contributed by atoms with Gasteiger partial charge in [0, 0.05) is 12.2 Å². The first kappa shape index (κ1) is 16.7. The van der Waals surface area contributed by atoms with E-state index in [0.29, 0.717) is 6.61 Å². The molecule has 1 aromatic heterocycles. The van der Waals surface area contributed by atoms with E-state index >= 15 is 0 Å². The van der Waals surface area contributed by atoms with Gasteiger partial charge in [-0.3, -0.25) is 4.79 Å². The number of furan rings is 1. The molecule has 0 aliphatic heterocycles. The zero-order valence-electron chi connectivity index (χ0n) is 13.1. The second kappa shape index (κ2) is 8.69. The van der Waals surface area contributed by atoms with Crippen molar-refractivity contribution in [2.75, 3.05) is 5.75 Å². The number of benzene rings is 1. The summed E-state index contributed by atoms with van der Waals surface area (Å²) in [4.78, 5) is 12.0. The van der Waals surface area contributed by atoms with Gasteiger partial charge < -0.3 is 9.15 Å². The normalized spacial score (nSPS) is 12.1. The molecule has 0 radical (unpaired) electrons. The first-order valence-electron chi connectivity index (χ1n) is 7.55. The minimum Gasteiger partial charge on any atom is -0.465 e. The van der Waals surface area contributed by atoms with Crippen molar-refractivity contribution in [1.29, 1.82) is 0 Å². The molecule has 1 heterocycles. The van der Waals surface area contributed by atoms with Crippen molar-refractivity contribution in [3.8, 4) is 0 Å². The van der Waals surface area contributed by atoms with Crippen LogP contribution in [0.1, 0.15) is 30.9 Å². The van der Waals surface area contributed by atoms with E-state index in [-0.39, 0.29) is 11.9 Å². The Morgan fingerprint density at radius 1 is 1.18 bits per heavy atom. The minimum absolute atomic E-state index is 0.116. The molecule has 2 aromatic rings. The summed E-state index contributed by atoms with van der Waals surface area (Å²) < 4.78 is 11.0. The highest BCUT2D eigenvalue weighted by Crippen LogP contribution is 2.19. The molecule has 0 N–H and O–H groups in total. The molecule has 0 spiro atoms. The van der Waals surface area contributed by atoms with Gasteiger partial charge in [0.05, 0.1) is 11.7 Å². The fourth-order valence-corrected chi connectivity index (χ4v) is 2.93. The number of aryl methyl sites for hydroxylation is 1. The van der Waals surface area contributed by atoms with Crippen molar-refractivity contribution in [3.05, 3.63) is 59.5 Å². The summed E-state index contributed by atoms with van der Waals surface area (Å²) in [5, 5.41) is 0. The molecule has 0 bridgehead atoms. The van der Waals surface area contributed by atoms with Crippen LogP contribution >= 0.6 is 11.8 Å². The van der Waals surface area contributed by atoms with Crippen LogP contribution in [0, 0.1) is 5.92 Å². The monoisotopic (exact) mass is 318 g/mol. The van der Waals surface area contributed by atoms with Gasteiger partial charge in [0.2, 0.25) is 0 Å². The molecule has 0 saturated heterocycles. The number of carbonyl (C=O) groups excluding carboxylic acids is 1. The number of esters is 1. The highest BCUT2D eigenvalue weighted by Gasteiger charge is 2.15. The smallest absolute Gasteiger partial charge is 0.309 e. The van der Waals surface area contributed by atoms with Crippen molar-refractivity contribution in [3.63, 3.8) is 0 Å². The average Bonchev–Trinajstić information content (AvgIpc) is 3.01. The van der Waals surface area contributed by atoms with Crippen LogP contribution in [0.25, 0.3) is 0 Å². The fraction of sp³-hybridized carbons (Fsp3) is 0.389. The predicted molar refractivity (Wildman–Crippen MR) is 89.7 cm³/mol. The molecular weight excluding hydrogens is 296 g/mol. The van der Waals surface area contributed by atoms with Gasteiger partial charge in [-0.05, 0) is 17.7 Å². The minimum atomic E-state index is -0.148. The first-order valence-corrected chi connectivity index (χ1v) is 8.70. The zero-order chi connectivity index (χ0) is 15.8. The zero-order valence-corrected chi connectivity index (χ0v) is 13.9. The third-order valence-electron chi connectivity index (χ3n) is 3.30. The number of hydrogen-bond donors (Lipinski definition) is 0. The number of thioether (sulfide) groups is 1. The third-order valence-corrected chi connectivity index (χ3v) is 4.53. The van der Waals surface area contributed by atoms with E-state index < -0.39 is 0 Å². The van der Waals surface area contributed by atoms with Gasteiger partial charge in [-0.2, -0.15) is 11.8 Å². The van der Waals surface area contributed by atoms with Crippen LogP contribution in [0.4, 0.5) is 0 Å². The number of ether oxygens (including phenoxy) is 1. The van der Waals surface area contributed by atoms with Crippen LogP contribution in [0.15, 0.2) is 46.9 Å². The van der Waals surface area contributed by atoms with Gasteiger partial charge >= 0.3 is 5.97 Å². The van der Waals surface area contributed by atoms with Crippen LogP contribution in [0.3, 0.4) is 0 Å². The summed E-state index contributed by atoms with van der Waals surface area (Å²) >= 11 is 1.69. The van der Waals surface area contributed by atoms with E-state index in [4.69, 9.17) is 9.15 Å². The predicted octanol–water partition coefficient (Wildman–Crippen LogP) is 4.45. The van der Waals surface area contributed by atoms with Gasteiger partial charge in [-0.1, -0.05) is 44.2 Å². The van der Waals surface area contributed by atoms with E-state index in [2.05, 4.69) is 6.92 Å². The molecule has 22 heavy (non-hydrogen) atoms. The highest BCUT2D eigenvalue weighted by atomic mass is 32.2. The van der Waals surface area contributed by atoms with Gasteiger partial charge in [0.1, 0.15) is 18.1 Å². The molecule has 0 aliphatic carbocycles. The molecule has 1 aromatic carbocycles. The van der Waals surface area contributed by atoms with Crippen LogP contribution in [0.5, 0.6) is 0 Å². The second-order valence-electron chi connectivity index (χ2n) is 5.23. The summed E-state index contributed by atoms with van der Waals surface area (Å²) in [6.07, 6.45) is 0.910. The van der Waals surface area contributed by atoms with Crippen molar-refractivity contribution in [2.45, 2.75) is 32.6 Å². The molecule has 3 nitrogen and oxygen atoms in total. The van der Waals surface area contributed by atoms with Crippen LogP contribution in [0.2, 0.25) is 0 Å². The van der Waals surface area contributed by atoms with Crippen molar-refractivity contribution < 1.29 is 13.9 Å². The summed E-state index contributed by atoms with van der Waals surface area (Å²) in [6, 6.07) is 13.7. The maximum Gasteiger partial charge on any atom is 0.309 e. The van der Waals surface area contributed by atoms with Crippen molar-refractivity contribution in [1.82, 2.24) is 0 Å². The molecular formula is C18H22O3S. The quantitative estimate of drug-likeness (QED) is 0.674. The second-order valence-corrected chi connectivity index (χ2v) is 6.26. The Kier molecular flexibility index (Phi) is 6.59. The van der Waals surface area contributed by atoms with Crippen molar-refractivity contribution in [2.24, 2.45) is 5.92 Å². The molecule has 0 fully saturated rings. The first-order chi connectivity index (χ1) is 10.7. The molecule has 0 amide bonds. The average molecular weight is 318 g/mol. The molecule has 0 saturated carbocycles.